The average molecular weight is 310 g/mol. The highest BCUT2D eigenvalue weighted by molar-refractivity contribution is 7.89. The zero-order valence-corrected chi connectivity index (χ0v) is 13.8. The Bertz CT molecular complexity index is 536. The van der Waals surface area contributed by atoms with Crippen LogP contribution in [-0.4, -0.2) is 31.9 Å². The van der Waals surface area contributed by atoms with Crippen LogP contribution in [0.2, 0.25) is 0 Å². The number of nitrogens with one attached hydrogen (secondary N) is 1. The van der Waals surface area contributed by atoms with Crippen LogP contribution in [0.1, 0.15) is 45.1 Å². The monoisotopic (exact) mass is 310 g/mol. The van der Waals surface area contributed by atoms with Gasteiger partial charge in [-0.2, -0.15) is 4.31 Å². The number of rotatable bonds is 9. The van der Waals surface area contributed by atoms with Crippen molar-refractivity contribution >= 4 is 10.0 Å². The number of hydrogen-bond donors (Lipinski definition) is 1. The topological polar surface area (TPSA) is 49.4 Å². The first-order chi connectivity index (χ1) is 10.1. The Hall–Kier alpha value is -0.910. The van der Waals surface area contributed by atoms with Crippen molar-refractivity contribution in [1.29, 1.82) is 0 Å². The molecule has 1 aliphatic carbocycles. The van der Waals surface area contributed by atoms with E-state index in [0.29, 0.717) is 24.0 Å². The predicted molar refractivity (Wildman–Crippen MR) is 85.6 cm³/mol. The lowest BCUT2D eigenvalue weighted by Gasteiger charge is -2.20. The molecule has 5 heteroatoms. The van der Waals surface area contributed by atoms with Crippen molar-refractivity contribution in [2.24, 2.45) is 0 Å². The van der Waals surface area contributed by atoms with E-state index in [9.17, 15) is 8.42 Å². The molecule has 1 aliphatic rings. The van der Waals surface area contributed by atoms with E-state index in [-0.39, 0.29) is 0 Å². The zero-order valence-electron chi connectivity index (χ0n) is 13.0. The van der Waals surface area contributed by atoms with E-state index < -0.39 is 10.0 Å². The molecule has 118 valence electrons. The maximum Gasteiger partial charge on any atom is 0.243 e. The van der Waals surface area contributed by atoms with Gasteiger partial charge in [-0.1, -0.05) is 32.4 Å². The fraction of sp³-hybridized carbons (Fsp3) is 0.625. The van der Waals surface area contributed by atoms with Gasteiger partial charge in [0.1, 0.15) is 0 Å². The molecule has 4 nitrogen and oxygen atoms in total. The molecule has 0 spiro atoms. The van der Waals surface area contributed by atoms with Gasteiger partial charge in [0.05, 0.1) is 4.90 Å². The van der Waals surface area contributed by atoms with Crippen LogP contribution in [0.25, 0.3) is 0 Å². The minimum absolute atomic E-state index is 0.399. The van der Waals surface area contributed by atoms with Gasteiger partial charge in [0.2, 0.25) is 10.0 Å². The predicted octanol–water partition coefficient (Wildman–Crippen LogP) is 2.75. The normalized spacial score (nSPS) is 15.6. The van der Waals surface area contributed by atoms with Gasteiger partial charge in [0, 0.05) is 25.7 Å². The average Bonchev–Trinajstić information content (AvgIpc) is 3.30. The Balaban J connectivity index is 2.03. The molecular weight excluding hydrogens is 284 g/mol. The van der Waals surface area contributed by atoms with Gasteiger partial charge in [-0.3, -0.25) is 0 Å². The molecule has 0 atom stereocenters. The van der Waals surface area contributed by atoms with E-state index in [2.05, 4.69) is 12.2 Å². The van der Waals surface area contributed by atoms with Gasteiger partial charge < -0.3 is 5.32 Å². The number of hydrogen-bond acceptors (Lipinski definition) is 3. The SMILES string of the molecule is CCCCN(CC)S(=O)(=O)c1ccc(CNC2CC2)cc1. The lowest BCUT2D eigenvalue weighted by molar-refractivity contribution is 0.419. The van der Waals surface area contributed by atoms with Crippen molar-refractivity contribution in [2.75, 3.05) is 13.1 Å². The fourth-order valence-electron chi connectivity index (χ4n) is 2.26. The third-order valence-corrected chi connectivity index (χ3v) is 5.84. The summed E-state index contributed by atoms with van der Waals surface area (Å²) in [6.45, 7) is 5.90. The van der Waals surface area contributed by atoms with Gasteiger partial charge in [0.15, 0.2) is 0 Å². The molecule has 21 heavy (non-hydrogen) atoms. The summed E-state index contributed by atoms with van der Waals surface area (Å²) in [6.07, 6.45) is 4.42. The Morgan fingerprint density at radius 3 is 2.38 bits per heavy atom. The number of nitrogens with zero attached hydrogens (tertiary/aromatic N) is 1. The highest BCUT2D eigenvalue weighted by Crippen LogP contribution is 2.20. The molecule has 1 aromatic rings. The summed E-state index contributed by atoms with van der Waals surface area (Å²) in [5.74, 6) is 0. The van der Waals surface area contributed by atoms with Crippen LogP contribution >= 0.6 is 0 Å². The quantitative estimate of drug-likeness (QED) is 0.763. The molecule has 0 amide bonds. The first-order valence-electron chi connectivity index (χ1n) is 7.90. The summed E-state index contributed by atoms with van der Waals surface area (Å²) in [5, 5.41) is 3.43. The molecule has 1 fully saturated rings. The van der Waals surface area contributed by atoms with Crippen LogP contribution in [0.4, 0.5) is 0 Å². The van der Waals surface area contributed by atoms with Crippen LogP contribution in [-0.2, 0) is 16.6 Å². The first-order valence-corrected chi connectivity index (χ1v) is 9.34. The molecule has 0 aromatic heterocycles. The number of benzene rings is 1. The largest absolute Gasteiger partial charge is 0.310 e. The lowest BCUT2D eigenvalue weighted by Crippen LogP contribution is -2.31. The molecule has 0 bridgehead atoms. The standard InChI is InChI=1S/C16H26N2O2S/c1-3-5-12-18(4-2)21(19,20)16-10-6-14(7-11-16)13-17-15-8-9-15/h6-7,10-11,15,17H,3-5,8-9,12-13H2,1-2H3. The smallest absolute Gasteiger partial charge is 0.243 e. The number of sulfonamides is 1. The summed E-state index contributed by atoms with van der Waals surface area (Å²) in [6, 6.07) is 7.95. The second-order valence-corrected chi connectivity index (χ2v) is 7.59. The van der Waals surface area contributed by atoms with E-state index in [4.69, 9.17) is 0 Å². The van der Waals surface area contributed by atoms with Crippen molar-refractivity contribution in [1.82, 2.24) is 9.62 Å². The second kappa shape index (κ2) is 7.38. The van der Waals surface area contributed by atoms with Crippen LogP contribution in [0.15, 0.2) is 29.2 Å². The molecule has 0 aliphatic heterocycles. The van der Waals surface area contributed by atoms with Gasteiger partial charge in [0.25, 0.3) is 0 Å². The maximum absolute atomic E-state index is 12.6. The van der Waals surface area contributed by atoms with Crippen LogP contribution in [0.3, 0.4) is 0 Å². The molecule has 2 rings (SSSR count). The Morgan fingerprint density at radius 1 is 1.19 bits per heavy atom. The van der Waals surface area contributed by atoms with Crippen molar-refractivity contribution in [3.05, 3.63) is 29.8 Å². The van der Waals surface area contributed by atoms with Crippen LogP contribution < -0.4 is 5.32 Å². The van der Waals surface area contributed by atoms with Crippen LogP contribution in [0, 0.1) is 0 Å². The molecule has 0 radical (unpaired) electrons. The van der Waals surface area contributed by atoms with E-state index >= 15 is 0 Å². The van der Waals surface area contributed by atoms with E-state index in [0.717, 1.165) is 24.9 Å². The van der Waals surface area contributed by atoms with Crippen molar-refractivity contribution in [3.63, 3.8) is 0 Å². The summed E-state index contributed by atoms with van der Waals surface area (Å²) in [7, 11) is -3.35. The van der Waals surface area contributed by atoms with Gasteiger partial charge in [-0.05, 0) is 37.0 Å². The molecule has 0 unspecified atom stereocenters. The second-order valence-electron chi connectivity index (χ2n) is 5.65. The highest BCUT2D eigenvalue weighted by Gasteiger charge is 2.23. The number of unbranched alkanes of at least 4 members (excludes halogenated alkanes) is 1. The summed E-state index contributed by atoms with van der Waals surface area (Å²) in [4.78, 5) is 0.399. The van der Waals surface area contributed by atoms with Gasteiger partial charge >= 0.3 is 0 Å². The fourth-order valence-corrected chi connectivity index (χ4v) is 3.75. The molecule has 0 saturated heterocycles. The van der Waals surface area contributed by atoms with Crippen molar-refractivity contribution in [2.45, 2.75) is 57.0 Å². The Kier molecular flexibility index (Phi) is 5.79. The Labute approximate surface area is 128 Å². The third-order valence-electron chi connectivity index (χ3n) is 3.85. The highest BCUT2D eigenvalue weighted by atomic mass is 32.2. The summed E-state index contributed by atoms with van der Waals surface area (Å²) >= 11 is 0. The van der Waals surface area contributed by atoms with Crippen molar-refractivity contribution in [3.8, 4) is 0 Å². The minimum atomic E-state index is -3.35. The minimum Gasteiger partial charge on any atom is -0.310 e. The van der Waals surface area contributed by atoms with Gasteiger partial charge in [-0.25, -0.2) is 8.42 Å². The molecule has 0 heterocycles. The third kappa shape index (κ3) is 4.53. The molecular formula is C16H26N2O2S. The summed E-state index contributed by atoms with van der Waals surface area (Å²) < 4.78 is 26.7. The van der Waals surface area contributed by atoms with E-state index in [1.807, 2.05) is 19.1 Å². The lowest BCUT2D eigenvalue weighted by atomic mass is 10.2. The maximum atomic E-state index is 12.6. The summed E-state index contributed by atoms with van der Waals surface area (Å²) in [5.41, 5.74) is 1.14. The zero-order chi connectivity index (χ0) is 15.3. The van der Waals surface area contributed by atoms with Gasteiger partial charge in [-0.15, -0.1) is 0 Å². The molecule has 1 N–H and O–H groups in total. The van der Waals surface area contributed by atoms with E-state index in [1.165, 1.54) is 12.8 Å². The van der Waals surface area contributed by atoms with E-state index in [1.54, 1.807) is 16.4 Å². The van der Waals surface area contributed by atoms with Crippen molar-refractivity contribution < 1.29 is 8.42 Å². The molecule has 1 aromatic carbocycles. The molecule has 1 saturated carbocycles. The Morgan fingerprint density at radius 2 is 1.86 bits per heavy atom. The first kappa shape index (κ1) is 16.5. The van der Waals surface area contributed by atoms with Crippen LogP contribution in [0.5, 0.6) is 0 Å².